The number of nitrogens with two attached hydrogens (primary N) is 1. The minimum Gasteiger partial charge on any atom is -0.384 e. The molecule has 3 aromatic heterocycles. The zero-order valence-corrected chi connectivity index (χ0v) is 16.1. The smallest absolute Gasteiger partial charge is 0.274 e. The Balaban J connectivity index is 2.11. The molecule has 138 valence electrons. The number of aromatic nitrogens is 3. The van der Waals surface area contributed by atoms with E-state index in [1.807, 2.05) is 59.9 Å². The fourth-order valence-corrected chi connectivity index (χ4v) is 4.59. The molecule has 0 saturated carbocycles. The molecule has 0 amide bonds. The van der Waals surface area contributed by atoms with Crippen molar-refractivity contribution in [3.63, 3.8) is 0 Å². The van der Waals surface area contributed by atoms with E-state index in [4.69, 9.17) is 5.73 Å². The predicted octanol–water partition coefficient (Wildman–Crippen LogP) is 0.538. The number of hydrogen-bond donors (Lipinski definition) is 1. The molecule has 0 saturated heterocycles. The molecule has 8 heteroatoms. The summed E-state index contributed by atoms with van der Waals surface area (Å²) in [4.78, 5) is 13.0. The minimum atomic E-state index is -0.601. The summed E-state index contributed by atoms with van der Waals surface area (Å²) in [5.74, 6) is -0.522. The van der Waals surface area contributed by atoms with E-state index in [1.54, 1.807) is 6.08 Å². The molecule has 7 nitrogen and oxygen atoms in total. The number of fused-ring (bicyclic) bond motifs is 1. The van der Waals surface area contributed by atoms with E-state index in [-0.39, 0.29) is 17.0 Å². The summed E-state index contributed by atoms with van der Waals surface area (Å²) in [7, 11) is 3.73. The molecule has 0 aliphatic carbocycles. The molecule has 1 unspecified atom stereocenters. The zero-order valence-electron chi connectivity index (χ0n) is 15.2. The van der Waals surface area contributed by atoms with Crippen LogP contribution in [0.4, 0.5) is 0 Å². The van der Waals surface area contributed by atoms with Crippen molar-refractivity contribution < 1.29 is 0 Å². The van der Waals surface area contributed by atoms with Crippen LogP contribution in [0.15, 0.2) is 47.0 Å². The molecule has 0 spiro atoms. The van der Waals surface area contributed by atoms with Crippen molar-refractivity contribution in [3.8, 4) is 12.1 Å². The van der Waals surface area contributed by atoms with Crippen LogP contribution in [0.3, 0.4) is 0 Å². The van der Waals surface area contributed by atoms with Crippen LogP contribution in [0.5, 0.6) is 0 Å². The Morgan fingerprint density at radius 3 is 2.36 bits per heavy atom. The number of thiazole rings is 1. The van der Waals surface area contributed by atoms with Crippen LogP contribution in [0.2, 0.25) is 0 Å². The normalized spacial score (nSPS) is 16.8. The zero-order chi connectivity index (χ0) is 20.0. The number of hydrogen-bond acceptors (Lipinski definition) is 5. The van der Waals surface area contributed by atoms with Gasteiger partial charge >= 0.3 is 0 Å². The van der Waals surface area contributed by atoms with Gasteiger partial charge in [-0.15, -0.1) is 11.3 Å². The molecule has 1 aliphatic heterocycles. The van der Waals surface area contributed by atoms with Gasteiger partial charge in [0.1, 0.15) is 10.5 Å². The molecule has 3 aromatic rings. The number of nitrogens with zero attached hydrogens (tertiary/aromatic N) is 5. The van der Waals surface area contributed by atoms with E-state index in [0.717, 1.165) is 11.4 Å². The van der Waals surface area contributed by atoms with Crippen LogP contribution < -0.4 is 20.5 Å². The molecule has 0 aromatic carbocycles. The lowest BCUT2D eigenvalue weighted by atomic mass is 9.88. The van der Waals surface area contributed by atoms with Gasteiger partial charge in [0.2, 0.25) is 0 Å². The van der Waals surface area contributed by atoms with Crippen LogP contribution >= 0.6 is 11.3 Å². The van der Waals surface area contributed by atoms with Gasteiger partial charge in [0.15, 0.2) is 0 Å². The Morgan fingerprint density at radius 2 is 1.79 bits per heavy atom. The Hall–Kier alpha value is -3.75. The Labute approximate surface area is 164 Å². The molecule has 4 heterocycles. The average Bonchev–Trinajstić information content (AvgIpc) is 3.36. The van der Waals surface area contributed by atoms with Crippen molar-refractivity contribution in [1.82, 2.24) is 13.7 Å². The highest BCUT2D eigenvalue weighted by atomic mass is 32.1. The first-order valence-electron chi connectivity index (χ1n) is 8.48. The van der Waals surface area contributed by atoms with Gasteiger partial charge in [-0.3, -0.25) is 9.36 Å². The monoisotopic (exact) mass is 388 g/mol. The van der Waals surface area contributed by atoms with Gasteiger partial charge in [-0.1, -0.05) is 0 Å². The van der Waals surface area contributed by atoms with Crippen molar-refractivity contribution in [2.75, 3.05) is 0 Å². The van der Waals surface area contributed by atoms with Crippen LogP contribution in [-0.4, -0.2) is 13.7 Å². The summed E-state index contributed by atoms with van der Waals surface area (Å²) in [6.45, 7) is 0. The predicted molar refractivity (Wildman–Crippen MR) is 107 cm³/mol. The van der Waals surface area contributed by atoms with Crippen LogP contribution in [0, 0.1) is 22.7 Å². The van der Waals surface area contributed by atoms with Gasteiger partial charge < -0.3 is 14.9 Å². The lowest BCUT2D eigenvalue weighted by molar-refractivity contribution is 0.799. The first kappa shape index (κ1) is 17.7. The molecule has 28 heavy (non-hydrogen) atoms. The van der Waals surface area contributed by atoms with Crippen molar-refractivity contribution in [2.45, 2.75) is 5.92 Å². The van der Waals surface area contributed by atoms with E-state index in [0.29, 0.717) is 14.8 Å². The number of rotatable bonds is 2. The first-order valence-corrected chi connectivity index (χ1v) is 9.30. The highest BCUT2D eigenvalue weighted by Crippen LogP contribution is 2.35. The molecule has 0 fully saturated rings. The third-order valence-corrected chi connectivity index (χ3v) is 6.04. The number of allylic oxidation sites excluding steroid dienone is 1. The third-order valence-electron chi connectivity index (χ3n) is 4.93. The molecule has 0 bridgehead atoms. The molecule has 4 rings (SSSR count). The van der Waals surface area contributed by atoms with Gasteiger partial charge in [0.25, 0.3) is 5.56 Å². The fraction of sp³-hybridized carbons (Fsp3) is 0.150. The topological polar surface area (TPSA) is 105 Å². The van der Waals surface area contributed by atoms with Crippen molar-refractivity contribution in [1.29, 1.82) is 10.5 Å². The van der Waals surface area contributed by atoms with Crippen molar-refractivity contribution in [2.24, 2.45) is 19.8 Å². The summed E-state index contributed by atoms with van der Waals surface area (Å²) >= 11 is 1.21. The summed E-state index contributed by atoms with van der Waals surface area (Å²) < 4.78 is 5.96. The van der Waals surface area contributed by atoms with Gasteiger partial charge in [-0.2, -0.15) is 10.5 Å². The lowest BCUT2D eigenvalue weighted by Crippen LogP contribution is -2.38. The second kappa shape index (κ2) is 6.45. The van der Waals surface area contributed by atoms with Gasteiger partial charge in [-0.25, -0.2) is 0 Å². The van der Waals surface area contributed by atoms with Crippen LogP contribution in [0.25, 0.3) is 17.5 Å². The second-order valence-electron chi connectivity index (χ2n) is 6.51. The largest absolute Gasteiger partial charge is 0.384 e. The molecular weight excluding hydrogens is 372 g/mol. The Morgan fingerprint density at radius 1 is 1.11 bits per heavy atom. The summed E-state index contributed by atoms with van der Waals surface area (Å²) in [6, 6.07) is 11.8. The van der Waals surface area contributed by atoms with Gasteiger partial charge in [-0.05, 0) is 30.3 Å². The van der Waals surface area contributed by atoms with Crippen LogP contribution in [0.1, 0.15) is 17.3 Å². The molecule has 1 aliphatic rings. The maximum absolute atomic E-state index is 13.0. The molecule has 2 N–H and O–H groups in total. The first-order chi connectivity index (χ1) is 13.5. The minimum absolute atomic E-state index is 0.0791. The van der Waals surface area contributed by atoms with Gasteiger partial charge in [0, 0.05) is 37.9 Å². The SMILES string of the molecule is Cn1cccc1/C=c1/sc2n(c1=O)C(N)=C(C#N)C(c1cccn1C)C=2C#N. The highest BCUT2D eigenvalue weighted by molar-refractivity contribution is 7.07. The van der Waals surface area contributed by atoms with Crippen molar-refractivity contribution in [3.05, 3.63) is 73.2 Å². The third kappa shape index (κ3) is 2.43. The lowest BCUT2D eigenvalue weighted by Gasteiger charge is -2.22. The Bertz CT molecular complexity index is 1400. The van der Waals surface area contributed by atoms with E-state index < -0.39 is 5.92 Å². The molecule has 1 atom stereocenters. The second-order valence-corrected chi connectivity index (χ2v) is 7.54. The van der Waals surface area contributed by atoms with E-state index in [9.17, 15) is 15.3 Å². The average molecular weight is 388 g/mol. The maximum atomic E-state index is 13.0. The highest BCUT2D eigenvalue weighted by Gasteiger charge is 2.33. The van der Waals surface area contributed by atoms with Gasteiger partial charge in [0.05, 0.1) is 33.7 Å². The number of nitriles is 2. The fourth-order valence-electron chi connectivity index (χ4n) is 3.48. The van der Waals surface area contributed by atoms with E-state index in [2.05, 4.69) is 12.1 Å². The maximum Gasteiger partial charge on any atom is 0.274 e. The summed E-state index contributed by atoms with van der Waals surface area (Å²) in [5, 5.41) is 19.7. The Kier molecular flexibility index (Phi) is 4.07. The number of aryl methyl sites for hydroxylation is 2. The van der Waals surface area contributed by atoms with Crippen LogP contribution in [-0.2, 0) is 14.1 Å². The molecule has 0 radical (unpaired) electrons. The van der Waals surface area contributed by atoms with Crippen molar-refractivity contribution >= 4 is 28.8 Å². The van der Waals surface area contributed by atoms with E-state index in [1.165, 1.54) is 15.9 Å². The quantitative estimate of drug-likeness (QED) is 0.691. The standard InChI is InChI=1S/C20H16N6OS/c1-24-7-3-5-12(24)9-16-19(27)26-18(23)13(10-21)17(14(11-22)20(26)28-16)15-6-4-8-25(15)2/h3-9,17H,23H2,1-2H3/b16-9+. The summed E-state index contributed by atoms with van der Waals surface area (Å²) in [6.07, 6.45) is 5.50. The molecular formula is C20H16N6OS. The van der Waals surface area contributed by atoms with E-state index >= 15 is 0 Å². The summed E-state index contributed by atoms with van der Waals surface area (Å²) in [5.41, 5.74) is 8.11.